The van der Waals surface area contributed by atoms with Gasteiger partial charge in [-0.1, -0.05) is 30.3 Å². The largest absolute Gasteiger partial charge is 0.369 e. The van der Waals surface area contributed by atoms with Crippen molar-refractivity contribution < 1.29 is 4.79 Å². The first-order chi connectivity index (χ1) is 14.5. The maximum absolute atomic E-state index is 13.4. The highest BCUT2D eigenvalue weighted by molar-refractivity contribution is 5.95. The molecule has 5 heteroatoms. The van der Waals surface area contributed by atoms with Gasteiger partial charge in [-0.3, -0.25) is 9.69 Å². The van der Waals surface area contributed by atoms with Gasteiger partial charge >= 0.3 is 0 Å². The fourth-order valence-electron chi connectivity index (χ4n) is 4.60. The second kappa shape index (κ2) is 9.19. The average molecular weight is 407 g/mol. The molecule has 2 aliphatic rings. The van der Waals surface area contributed by atoms with Gasteiger partial charge in [-0.25, -0.2) is 0 Å². The van der Waals surface area contributed by atoms with E-state index in [1.54, 1.807) is 0 Å². The summed E-state index contributed by atoms with van der Waals surface area (Å²) < 4.78 is 0. The molecule has 1 amide bonds. The van der Waals surface area contributed by atoms with Gasteiger partial charge in [0.2, 0.25) is 0 Å². The second-order valence-electron chi connectivity index (χ2n) is 8.85. The molecule has 5 nitrogen and oxygen atoms in total. The molecule has 160 valence electrons. The van der Waals surface area contributed by atoms with Crippen LogP contribution >= 0.6 is 0 Å². The summed E-state index contributed by atoms with van der Waals surface area (Å²) in [6.45, 7) is 11.3. The number of carbonyl (C=O) groups excluding carboxylic acids is 1. The Morgan fingerprint density at radius 3 is 2.17 bits per heavy atom. The summed E-state index contributed by atoms with van der Waals surface area (Å²) >= 11 is 0. The molecule has 0 aliphatic carbocycles. The van der Waals surface area contributed by atoms with Crippen LogP contribution in [0.25, 0.3) is 0 Å². The molecule has 4 rings (SSSR count). The molecule has 0 spiro atoms. The second-order valence-corrected chi connectivity index (χ2v) is 8.85. The number of benzene rings is 2. The number of hydrogen-bond acceptors (Lipinski definition) is 4. The SMILES string of the molecule is CC(C)N1CCN(c2ccc(C(=O)N3CCN(C)C[C@@H]3c3ccccc3)cc2)CC1. The summed E-state index contributed by atoms with van der Waals surface area (Å²) in [6, 6.07) is 19.4. The standard InChI is InChI=1S/C25H34N4O/c1-20(2)27-14-16-28(17-15-27)23-11-9-22(10-12-23)25(30)29-18-13-26(3)19-24(29)21-7-5-4-6-8-21/h4-12,20,24H,13-19H2,1-3H3/t24-/m1/s1. The van der Waals surface area contributed by atoms with Crippen LogP contribution in [0.3, 0.4) is 0 Å². The number of likely N-dealkylation sites (N-methyl/N-ethyl adjacent to an activating group) is 1. The molecule has 2 aromatic rings. The Labute approximate surface area is 180 Å². The maximum Gasteiger partial charge on any atom is 0.254 e. The van der Waals surface area contributed by atoms with Crippen molar-refractivity contribution in [1.82, 2.24) is 14.7 Å². The van der Waals surface area contributed by atoms with Gasteiger partial charge < -0.3 is 14.7 Å². The van der Waals surface area contributed by atoms with Gasteiger partial charge in [-0.2, -0.15) is 0 Å². The Kier molecular flexibility index (Phi) is 6.40. The van der Waals surface area contributed by atoms with Crippen molar-refractivity contribution in [3.8, 4) is 0 Å². The Hall–Kier alpha value is -2.37. The third kappa shape index (κ3) is 4.52. The van der Waals surface area contributed by atoms with E-state index in [0.29, 0.717) is 6.04 Å². The molecule has 0 aromatic heterocycles. The fourth-order valence-corrected chi connectivity index (χ4v) is 4.60. The summed E-state index contributed by atoms with van der Waals surface area (Å²) in [5, 5.41) is 0. The van der Waals surface area contributed by atoms with E-state index in [9.17, 15) is 4.79 Å². The van der Waals surface area contributed by atoms with E-state index >= 15 is 0 Å². The van der Waals surface area contributed by atoms with Crippen LogP contribution in [0.15, 0.2) is 54.6 Å². The van der Waals surface area contributed by atoms with Crippen LogP contribution in [0.1, 0.15) is 35.8 Å². The highest BCUT2D eigenvalue weighted by Gasteiger charge is 2.31. The lowest BCUT2D eigenvalue weighted by Crippen LogP contribution is -2.49. The van der Waals surface area contributed by atoms with E-state index in [4.69, 9.17) is 0 Å². The predicted molar refractivity (Wildman–Crippen MR) is 123 cm³/mol. The number of piperazine rings is 2. The van der Waals surface area contributed by atoms with E-state index < -0.39 is 0 Å². The summed E-state index contributed by atoms with van der Waals surface area (Å²) in [5.41, 5.74) is 3.20. The van der Waals surface area contributed by atoms with Gasteiger partial charge in [0.15, 0.2) is 0 Å². The predicted octanol–water partition coefficient (Wildman–Crippen LogP) is 3.35. The van der Waals surface area contributed by atoms with E-state index in [0.717, 1.165) is 51.4 Å². The fraction of sp³-hybridized carbons (Fsp3) is 0.480. The molecule has 1 atom stereocenters. The number of amides is 1. The minimum absolute atomic E-state index is 0.0984. The van der Waals surface area contributed by atoms with Crippen molar-refractivity contribution >= 4 is 11.6 Å². The summed E-state index contributed by atoms with van der Waals surface area (Å²) in [7, 11) is 2.13. The normalized spacial score (nSPS) is 21.3. The van der Waals surface area contributed by atoms with E-state index in [1.165, 1.54) is 11.3 Å². The van der Waals surface area contributed by atoms with Crippen LogP contribution < -0.4 is 4.90 Å². The first kappa shape index (κ1) is 20.9. The van der Waals surface area contributed by atoms with Crippen molar-refractivity contribution in [2.75, 3.05) is 57.8 Å². The minimum atomic E-state index is 0.0984. The van der Waals surface area contributed by atoms with Gasteiger partial charge in [0.1, 0.15) is 0 Å². The van der Waals surface area contributed by atoms with Gasteiger partial charge in [0, 0.05) is 63.1 Å². The maximum atomic E-state index is 13.4. The number of rotatable bonds is 4. The van der Waals surface area contributed by atoms with Crippen LogP contribution in [-0.2, 0) is 0 Å². The lowest BCUT2D eigenvalue weighted by molar-refractivity contribution is 0.0498. The zero-order valence-electron chi connectivity index (χ0n) is 18.5. The third-order valence-corrected chi connectivity index (χ3v) is 6.55. The summed E-state index contributed by atoms with van der Waals surface area (Å²) in [5.74, 6) is 0.133. The Morgan fingerprint density at radius 2 is 1.53 bits per heavy atom. The molecular weight excluding hydrogens is 372 g/mol. The molecule has 0 bridgehead atoms. The molecule has 2 heterocycles. The smallest absolute Gasteiger partial charge is 0.254 e. The average Bonchev–Trinajstić information content (AvgIpc) is 2.79. The van der Waals surface area contributed by atoms with Crippen LogP contribution in [0.5, 0.6) is 0 Å². The molecule has 0 N–H and O–H groups in total. The molecule has 0 radical (unpaired) electrons. The highest BCUT2D eigenvalue weighted by Crippen LogP contribution is 2.27. The molecule has 2 fully saturated rings. The minimum Gasteiger partial charge on any atom is -0.369 e. The molecular formula is C25H34N4O. The van der Waals surface area contributed by atoms with Gasteiger partial charge in [0.25, 0.3) is 5.91 Å². The zero-order valence-corrected chi connectivity index (χ0v) is 18.5. The van der Waals surface area contributed by atoms with Gasteiger partial charge in [-0.15, -0.1) is 0 Å². The Bertz CT molecular complexity index is 828. The Balaban J connectivity index is 1.46. The van der Waals surface area contributed by atoms with E-state index in [1.807, 2.05) is 23.1 Å². The first-order valence-electron chi connectivity index (χ1n) is 11.2. The monoisotopic (exact) mass is 406 g/mol. The van der Waals surface area contributed by atoms with Crippen LogP contribution in [0.4, 0.5) is 5.69 Å². The van der Waals surface area contributed by atoms with Gasteiger partial charge in [0.05, 0.1) is 6.04 Å². The molecule has 30 heavy (non-hydrogen) atoms. The molecule has 2 saturated heterocycles. The van der Waals surface area contributed by atoms with Crippen molar-refractivity contribution in [3.63, 3.8) is 0 Å². The van der Waals surface area contributed by atoms with Crippen molar-refractivity contribution in [2.24, 2.45) is 0 Å². The molecule has 0 saturated carbocycles. The third-order valence-electron chi connectivity index (χ3n) is 6.55. The lowest BCUT2D eigenvalue weighted by atomic mass is 10.0. The number of carbonyl (C=O) groups is 1. The summed E-state index contributed by atoms with van der Waals surface area (Å²) in [6.07, 6.45) is 0. The number of anilines is 1. The van der Waals surface area contributed by atoms with Crippen LogP contribution in [0, 0.1) is 0 Å². The van der Waals surface area contributed by atoms with Gasteiger partial charge in [-0.05, 0) is 50.7 Å². The number of nitrogens with zero attached hydrogens (tertiary/aromatic N) is 4. The Morgan fingerprint density at radius 1 is 0.867 bits per heavy atom. The molecule has 0 unspecified atom stereocenters. The topological polar surface area (TPSA) is 30.0 Å². The summed E-state index contributed by atoms with van der Waals surface area (Å²) in [4.78, 5) is 22.7. The first-order valence-corrected chi connectivity index (χ1v) is 11.2. The van der Waals surface area contributed by atoms with Crippen LogP contribution in [-0.4, -0.2) is 79.5 Å². The zero-order chi connectivity index (χ0) is 21.1. The lowest BCUT2D eigenvalue weighted by Gasteiger charge is -2.40. The van der Waals surface area contributed by atoms with E-state index in [-0.39, 0.29) is 11.9 Å². The molecule has 2 aromatic carbocycles. The highest BCUT2D eigenvalue weighted by atomic mass is 16.2. The van der Waals surface area contributed by atoms with Crippen molar-refractivity contribution in [2.45, 2.75) is 25.9 Å². The van der Waals surface area contributed by atoms with E-state index in [2.05, 4.69) is 72.0 Å². The van der Waals surface area contributed by atoms with Crippen LogP contribution in [0.2, 0.25) is 0 Å². The number of hydrogen-bond donors (Lipinski definition) is 0. The quantitative estimate of drug-likeness (QED) is 0.779. The molecule has 2 aliphatic heterocycles. The van der Waals surface area contributed by atoms with Crippen molar-refractivity contribution in [3.05, 3.63) is 65.7 Å². The van der Waals surface area contributed by atoms with Crippen molar-refractivity contribution in [1.29, 1.82) is 0 Å².